The van der Waals surface area contributed by atoms with Crippen LogP contribution >= 0.6 is 15.9 Å². The molecule has 0 saturated carbocycles. The molecular weight excluding hydrogens is 432 g/mol. The molecule has 0 spiro atoms. The van der Waals surface area contributed by atoms with Crippen LogP contribution in [-0.4, -0.2) is 6.61 Å². The highest BCUT2D eigenvalue weighted by molar-refractivity contribution is 9.10. The largest absolute Gasteiger partial charge is 0.489 e. The fourth-order valence-electron chi connectivity index (χ4n) is 2.79. The molecule has 4 aromatic rings. The van der Waals surface area contributed by atoms with Gasteiger partial charge in [-0.3, -0.25) is 4.79 Å². The van der Waals surface area contributed by atoms with E-state index in [0.717, 1.165) is 10.0 Å². The molecule has 5 heteroatoms. The number of hydrogen-bond acceptors (Lipinski definition) is 4. The first-order valence-electron chi connectivity index (χ1n) is 9.03. The summed E-state index contributed by atoms with van der Waals surface area (Å²) in [5.41, 5.74) is 1.31. The average Bonchev–Trinajstić information content (AvgIpc) is 2.75. The number of benzene rings is 3. The molecule has 0 atom stereocenters. The van der Waals surface area contributed by atoms with E-state index in [0.29, 0.717) is 29.1 Å². The van der Waals surface area contributed by atoms with Crippen molar-refractivity contribution in [3.8, 4) is 17.2 Å². The molecule has 0 amide bonds. The fraction of sp³-hybridized carbons (Fsp3) is 0.0417. The average molecular weight is 449 g/mol. The zero-order valence-corrected chi connectivity index (χ0v) is 17.0. The first-order chi connectivity index (χ1) is 14.2. The van der Waals surface area contributed by atoms with Crippen LogP contribution in [0, 0.1) is 0 Å². The Morgan fingerprint density at radius 2 is 1.72 bits per heavy atom. The molecule has 4 nitrogen and oxygen atoms in total. The predicted molar refractivity (Wildman–Crippen MR) is 118 cm³/mol. The molecule has 0 aliphatic heterocycles. The van der Waals surface area contributed by atoms with E-state index in [2.05, 4.69) is 15.9 Å². The minimum absolute atomic E-state index is 0.129. The standard InChI is InChI=1S/C24H17BrO4/c25-20-10-4-5-11-21(20)29-23-16-28-22-15-18(12-13-19(22)24(23)26)27-14-6-9-17-7-2-1-3-8-17/h1-13,15-16H,14H2/b9-6+. The lowest BCUT2D eigenvalue weighted by molar-refractivity contribution is 0.363. The van der Waals surface area contributed by atoms with Crippen molar-refractivity contribution >= 4 is 33.0 Å². The summed E-state index contributed by atoms with van der Waals surface area (Å²) in [5.74, 6) is 1.30. The number of para-hydroxylation sites is 1. The van der Waals surface area contributed by atoms with Crippen LogP contribution in [0.5, 0.6) is 17.2 Å². The van der Waals surface area contributed by atoms with Crippen LogP contribution in [-0.2, 0) is 0 Å². The third-order valence-corrected chi connectivity index (χ3v) is 4.88. The summed E-state index contributed by atoms with van der Waals surface area (Å²) in [6.45, 7) is 0.411. The summed E-state index contributed by atoms with van der Waals surface area (Å²) in [6.07, 6.45) is 5.25. The number of rotatable bonds is 6. The highest BCUT2D eigenvalue weighted by atomic mass is 79.9. The van der Waals surface area contributed by atoms with Gasteiger partial charge in [0.2, 0.25) is 11.2 Å². The van der Waals surface area contributed by atoms with Gasteiger partial charge in [0.25, 0.3) is 0 Å². The Bertz CT molecular complexity index is 1210. The molecular formula is C24H17BrO4. The Morgan fingerprint density at radius 1 is 0.931 bits per heavy atom. The Morgan fingerprint density at radius 3 is 2.55 bits per heavy atom. The molecule has 0 radical (unpaired) electrons. The molecule has 1 aromatic heterocycles. The summed E-state index contributed by atoms with van der Waals surface area (Å²) >= 11 is 3.40. The molecule has 0 unspecified atom stereocenters. The normalized spacial score (nSPS) is 11.1. The smallest absolute Gasteiger partial charge is 0.235 e. The number of halogens is 1. The quantitative estimate of drug-likeness (QED) is 0.340. The van der Waals surface area contributed by atoms with Crippen molar-refractivity contribution in [3.05, 3.63) is 105 Å². The van der Waals surface area contributed by atoms with Crippen LogP contribution in [0.2, 0.25) is 0 Å². The van der Waals surface area contributed by atoms with Gasteiger partial charge in [-0.25, -0.2) is 0 Å². The third-order valence-electron chi connectivity index (χ3n) is 4.23. The van der Waals surface area contributed by atoms with Crippen molar-refractivity contribution in [3.63, 3.8) is 0 Å². The van der Waals surface area contributed by atoms with E-state index in [4.69, 9.17) is 13.9 Å². The van der Waals surface area contributed by atoms with Crippen molar-refractivity contribution in [2.45, 2.75) is 0 Å². The maximum Gasteiger partial charge on any atom is 0.235 e. The Kier molecular flexibility index (Phi) is 5.77. The SMILES string of the molecule is O=c1c(Oc2ccccc2Br)coc2cc(OC/C=C/c3ccccc3)ccc12. The summed E-state index contributed by atoms with van der Waals surface area (Å²) in [4.78, 5) is 12.7. The Balaban J connectivity index is 1.49. The van der Waals surface area contributed by atoms with Crippen LogP contribution in [0.1, 0.15) is 5.56 Å². The first kappa shape index (κ1) is 19.0. The van der Waals surface area contributed by atoms with Gasteiger partial charge in [0.1, 0.15) is 30.0 Å². The summed E-state index contributed by atoms with van der Waals surface area (Å²) in [5, 5.41) is 0.432. The third kappa shape index (κ3) is 4.58. The fourth-order valence-corrected chi connectivity index (χ4v) is 3.16. The van der Waals surface area contributed by atoms with E-state index >= 15 is 0 Å². The van der Waals surface area contributed by atoms with Crippen LogP contribution in [0.15, 0.2) is 98.8 Å². The Hall–Kier alpha value is -3.31. The van der Waals surface area contributed by atoms with Crippen molar-refractivity contribution < 1.29 is 13.9 Å². The zero-order valence-electron chi connectivity index (χ0n) is 15.4. The monoisotopic (exact) mass is 448 g/mol. The first-order valence-corrected chi connectivity index (χ1v) is 9.82. The zero-order chi connectivity index (χ0) is 20.1. The molecule has 0 aliphatic carbocycles. The Labute approximate surface area is 176 Å². The number of ether oxygens (including phenoxy) is 2. The van der Waals surface area contributed by atoms with E-state index in [-0.39, 0.29) is 11.2 Å². The van der Waals surface area contributed by atoms with Gasteiger partial charge in [-0.15, -0.1) is 0 Å². The van der Waals surface area contributed by atoms with Gasteiger partial charge in [0.05, 0.1) is 9.86 Å². The molecule has 0 saturated heterocycles. The lowest BCUT2D eigenvalue weighted by Crippen LogP contribution is -2.05. The van der Waals surface area contributed by atoms with E-state index in [1.54, 1.807) is 24.3 Å². The lowest BCUT2D eigenvalue weighted by atomic mass is 10.2. The molecule has 3 aromatic carbocycles. The molecule has 0 N–H and O–H groups in total. The van der Waals surface area contributed by atoms with Crippen molar-refractivity contribution in [1.82, 2.24) is 0 Å². The van der Waals surface area contributed by atoms with E-state index in [1.807, 2.05) is 60.7 Å². The summed E-state index contributed by atoms with van der Waals surface area (Å²) in [7, 11) is 0. The van der Waals surface area contributed by atoms with Crippen LogP contribution in [0.4, 0.5) is 0 Å². The molecule has 1 heterocycles. The van der Waals surface area contributed by atoms with Gasteiger partial charge < -0.3 is 13.9 Å². The van der Waals surface area contributed by atoms with E-state index in [1.165, 1.54) is 6.26 Å². The molecule has 29 heavy (non-hydrogen) atoms. The molecule has 144 valence electrons. The van der Waals surface area contributed by atoms with Gasteiger partial charge >= 0.3 is 0 Å². The second kappa shape index (κ2) is 8.80. The maximum absolute atomic E-state index is 12.7. The predicted octanol–water partition coefficient (Wildman–Crippen LogP) is 6.44. The van der Waals surface area contributed by atoms with Gasteiger partial charge in [-0.1, -0.05) is 48.5 Å². The van der Waals surface area contributed by atoms with Crippen molar-refractivity contribution in [1.29, 1.82) is 0 Å². The minimum atomic E-state index is -0.238. The highest BCUT2D eigenvalue weighted by Crippen LogP contribution is 2.29. The van der Waals surface area contributed by atoms with Crippen LogP contribution in [0.3, 0.4) is 0 Å². The van der Waals surface area contributed by atoms with Crippen molar-refractivity contribution in [2.24, 2.45) is 0 Å². The molecule has 0 bridgehead atoms. The highest BCUT2D eigenvalue weighted by Gasteiger charge is 2.11. The topological polar surface area (TPSA) is 48.7 Å². The van der Waals surface area contributed by atoms with Gasteiger partial charge in [-0.05, 0) is 51.8 Å². The molecule has 4 rings (SSSR count). The van der Waals surface area contributed by atoms with Gasteiger partial charge in [0.15, 0.2) is 0 Å². The summed E-state index contributed by atoms with van der Waals surface area (Å²) in [6, 6.07) is 22.4. The van der Waals surface area contributed by atoms with Crippen molar-refractivity contribution in [2.75, 3.05) is 6.61 Å². The number of fused-ring (bicyclic) bond motifs is 1. The van der Waals surface area contributed by atoms with Crippen LogP contribution < -0.4 is 14.9 Å². The maximum atomic E-state index is 12.7. The molecule has 0 fully saturated rings. The second-order valence-corrected chi connectivity index (χ2v) is 7.10. The summed E-state index contributed by atoms with van der Waals surface area (Å²) < 4.78 is 17.8. The lowest BCUT2D eigenvalue weighted by Gasteiger charge is -2.08. The minimum Gasteiger partial charge on any atom is -0.489 e. The van der Waals surface area contributed by atoms with Gasteiger partial charge in [0, 0.05) is 6.07 Å². The van der Waals surface area contributed by atoms with E-state index < -0.39 is 0 Å². The molecule has 0 aliphatic rings. The van der Waals surface area contributed by atoms with Gasteiger partial charge in [-0.2, -0.15) is 0 Å². The van der Waals surface area contributed by atoms with Crippen LogP contribution in [0.25, 0.3) is 17.0 Å². The number of hydrogen-bond donors (Lipinski definition) is 0. The second-order valence-electron chi connectivity index (χ2n) is 6.24. The van der Waals surface area contributed by atoms with E-state index in [9.17, 15) is 4.79 Å².